The highest BCUT2D eigenvalue weighted by Gasteiger charge is 2.34. The first-order valence-electron chi connectivity index (χ1n) is 7.35. The molecule has 0 radical (unpaired) electrons. The fourth-order valence-corrected chi connectivity index (χ4v) is 2.77. The van der Waals surface area contributed by atoms with Crippen LogP contribution < -0.4 is 10.1 Å². The molecule has 0 bridgehead atoms. The van der Waals surface area contributed by atoms with Crippen molar-refractivity contribution in [2.45, 2.75) is 19.3 Å². The highest BCUT2D eigenvalue weighted by Crippen LogP contribution is 2.34. The first kappa shape index (κ1) is 14.3. The van der Waals surface area contributed by atoms with E-state index in [1.54, 1.807) is 12.1 Å². The molecule has 2 aromatic carbocycles. The fourth-order valence-electron chi connectivity index (χ4n) is 2.77. The summed E-state index contributed by atoms with van der Waals surface area (Å²) in [5, 5.41) is 2.88. The average Bonchev–Trinajstić information content (AvgIpc) is 2.87. The monoisotopic (exact) mass is 295 g/mol. The van der Waals surface area contributed by atoms with Crippen LogP contribution in [0.15, 0.2) is 48.5 Å². The maximum absolute atomic E-state index is 12.6. The number of carbonyl (C=O) groups is 2. The molecule has 0 heterocycles. The molecular weight excluding hydrogens is 278 g/mol. The lowest BCUT2D eigenvalue weighted by Crippen LogP contribution is -2.20. The Hall–Kier alpha value is -2.62. The van der Waals surface area contributed by atoms with Crippen molar-refractivity contribution in [3.05, 3.63) is 59.7 Å². The van der Waals surface area contributed by atoms with Gasteiger partial charge in [0, 0.05) is 12.0 Å². The minimum Gasteiger partial charge on any atom is -0.492 e. The van der Waals surface area contributed by atoms with Gasteiger partial charge in [-0.3, -0.25) is 9.59 Å². The molecule has 0 saturated heterocycles. The number of ketones is 1. The third kappa shape index (κ3) is 2.60. The van der Waals surface area contributed by atoms with Gasteiger partial charge in [0.25, 0.3) is 0 Å². The Bertz CT molecular complexity index is 724. The third-order valence-electron chi connectivity index (χ3n) is 3.79. The molecule has 1 aliphatic rings. The van der Waals surface area contributed by atoms with Gasteiger partial charge >= 0.3 is 0 Å². The molecule has 1 atom stereocenters. The molecule has 1 N–H and O–H groups in total. The van der Waals surface area contributed by atoms with Crippen molar-refractivity contribution in [1.29, 1.82) is 0 Å². The Kier molecular flexibility index (Phi) is 3.92. The van der Waals surface area contributed by atoms with E-state index in [1.165, 1.54) is 0 Å². The summed E-state index contributed by atoms with van der Waals surface area (Å²) in [6, 6.07) is 14.6. The van der Waals surface area contributed by atoms with Crippen molar-refractivity contribution < 1.29 is 14.3 Å². The number of rotatable bonds is 4. The predicted octanol–water partition coefficient (Wildman–Crippen LogP) is 3.39. The number of carbonyl (C=O) groups excluding carboxylic acids is 2. The molecule has 4 nitrogen and oxygen atoms in total. The molecule has 1 amide bonds. The van der Waals surface area contributed by atoms with Crippen LogP contribution in [0.5, 0.6) is 5.75 Å². The first-order chi connectivity index (χ1) is 10.7. The molecule has 0 aliphatic heterocycles. The zero-order valence-corrected chi connectivity index (χ0v) is 12.3. The van der Waals surface area contributed by atoms with E-state index in [0.717, 1.165) is 5.56 Å². The zero-order chi connectivity index (χ0) is 15.5. The maximum atomic E-state index is 12.6. The summed E-state index contributed by atoms with van der Waals surface area (Å²) in [7, 11) is 0. The smallest absolute Gasteiger partial charge is 0.232 e. The van der Waals surface area contributed by atoms with Crippen molar-refractivity contribution in [1.82, 2.24) is 0 Å². The van der Waals surface area contributed by atoms with Crippen LogP contribution >= 0.6 is 0 Å². The van der Waals surface area contributed by atoms with Crippen molar-refractivity contribution in [3.63, 3.8) is 0 Å². The summed E-state index contributed by atoms with van der Waals surface area (Å²) in [6.45, 7) is 2.42. The maximum Gasteiger partial charge on any atom is 0.232 e. The predicted molar refractivity (Wildman–Crippen MR) is 84.4 cm³/mol. The second-order valence-corrected chi connectivity index (χ2v) is 5.19. The molecule has 22 heavy (non-hydrogen) atoms. The highest BCUT2D eigenvalue weighted by atomic mass is 16.5. The van der Waals surface area contributed by atoms with E-state index in [2.05, 4.69) is 5.32 Å². The number of benzene rings is 2. The molecule has 1 unspecified atom stereocenters. The zero-order valence-electron chi connectivity index (χ0n) is 12.3. The van der Waals surface area contributed by atoms with E-state index >= 15 is 0 Å². The van der Waals surface area contributed by atoms with Crippen molar-refractivity contribution >= 4 is 17.4 Å². The second-order valence-electron chi connectivity index (χ2n) is 5.19. The molecular formula is C18H17NO3. The van der Waals surface area contributed by atoms with Gasteiger partial charge in [-0.2, -0.15) is 0 Å². The second kappa shape index (κ2) is 6.02. The molecule has 0 spiro atoms. The lowest BCUT2D eigenvalue weighted by atomic mass is 10.0. The Morgan fingerprint density at radius 1 is 1.18 bits per heavy atom. The summed E-state index contributed by atoms with van der Waals surface area (Å²) < 4.78 is 5.51. The van der Waals surface area contributed by atoms with Gasteiger partial charge in [-0.15, -0.1) is 0 Å². The largest absolute Gasteiger partial charge is 0.492 e. The number of amides is 1. The van der Waals surface area contributed by atoms with Gasteiger partial charge in [-0.25, -0.2) is 0 Å². The Balaban J connectivity index is 1.83. The van der Waals surface area contributed by atoms with Crippen LogP contribution in [0, 0.1) is 0 Å². The van der Waals surface area contributed by atoms with Crippen LogP contribution in [0.1, 0.15) is 35.2 Å². The fraction of sp³-hybridized carbons (Fsp3) is 0.222. The lowest BCUT2D eigenvalue weighted by Gasteiger charge is -2.14. The summed E-state index contributed by atoms with van der Waals surface area (Å²) in [6.07, 6.45) is 0.224. The van der Waals surface area contributed by atoms with Crippen LogP contribution in [0.25, 0.3) is 0 Å². The number of para-hydroxylation sites is 2. The van der Waals surface area contributed by atoms with E-state index in [-0.39, 0.29) is 18.1 Å². The molecule has 3 rings (SSSR count). The molecule has 2 aromatic rings. The summed E-state index contributed by atoms with van der Waals surface area (Å²) in [4.78, 5) is 24.6. The van der Waals surface area contributed by atoms with Crippen molar-refractivity contribution in [2.75, 3.05) is 11.9 Å². The number of hydrogen-bond donors (Lipinski definition) is 1. The van der Waals surface area contributed by atoms with Gasteiger partial charge in [0.15, 0.2) is 5.78 Å². The van der Waals surface area contributed by atoms with Crippen molar-refractivity contribution in [3.8, 4) is 5.75 Å². The number of nitrogens with one attached hydrogen (secondary N) is 1. The Morgan fingerprint density at radius 2 is 1.91 bits per heavy atom. The molecule has 1 aliphatic carbocycles. The quantitative estimate of drug-likeness (QED) is 0.940. The van der Waals surface area contributed by atoms with Gasteiger partial charge in [-0.05, 0) is 24.6 Å². The van der Waals surface area contributed by atoms with Gasteiger partial charge in [0.1, 0.15) is 5.75 Å². The van der Waals surface area contributed by atoms with E-state index in [4.69, 9.17) is 4.74 Å². The normalized spacial score (nSPS) is 16.2. The van der Waals surface area contributed by atoms with Gasteiger partial charge in [0.05, 0.1) is 18.2 Å². The number of Topliss-reactive ketones (excluding diaryl/α,β-unsaturated/α-hetero) is 1. The minimum absolute atomic E-state index is 0.0221. The van der Waals surface area contributed by atoms with E-state index in [9.17, 15) is 9.59 Å². The number of ether oxygens (including phenoxy) is 1. The van der Waals surface area contributed by atoms with Crippen LogP contribution in [0.4, 0.5) is 5.69 Å². The number of hydrogen-bond acceptors (Lipinski definition) is 3. The number of anilines is 1. The summed E-state index contributed by atoms with van der Waals surface area (Å²) in [5.74, 6) is 0.0497. The minimum atomic E-state index is -0.432. The first-order valence-corrected chi connectivity index (χ1v) is 7.35. The summed E-state index contributed by atoms with van der Waals surface area (Å²) >= 11 is 0. The van der Waals surface area contributed by atoms with Gasteiger partial charge < -0.3 is 10.1 Å². The molecule has 112 valence electrons. The van der Waals surface area contributed by atoms with Crippen LogP contribution in [0.2, 0.25) is 0 Å². The molecule has 0 fully saturated rings. The molecule has 0 aromatic heterocycles. The van der Waals surface area contributed by atoms with Crippen LogP contribution in [-0.4, -0.2) is 18.3 Å². The average molecular weight is 295 g/mol. The van der Waals surface area contributed by atoms with E-state index in [1.807, 2.05) is 43.3 Å². The third-order valence-corrected chi connectivity index (χ3v) is 3.79. The Morgan fingerprint density at radius 3 is 2.73 bits per heavy atom. The van der Waals surface area contributed by atoms with E-state index in [0.29, 0.717) is 23.6 Å². The Labute approximate surface area is 129 Å². The SMILES string of the molecule is CCOc1ccccc1NC(=O)C1CC(=O)c2ccccc21. The molecule has 0 saturated carbocycles. The van der Waals surface area contributed by atoms with Crippen LogP contribution in [-0.2, 0) is 4.79 Å². The van der Waals surface area contributed by atoms with Gasteiger partial charge in [0.2, 0.25) is 5.91 Å². The summed E-state index contributed by atoms with van der Waals surface area (Å²) in [5.41, 5.74) is 2.09. The molecule has 4 heteroatoms. The van der Waals surface area contributed by atoms with Gasteiger partial charge in [-0.1, -0.05) is 36.4 Å². The number of fused-ring (bicyclic) bond motifs is 1. The van der Waals surface area contributed by atoms with Crippen molar-refractivity contribution in [2.24, 2.45) is 0 Å². The highest BCUT2D eigenvalue weighted by molar-refractivity contribution is 6.09. The standard InChI is InChI=1S/C18H17NO3/c1-2-22-17-10-6-5-9-15(17)19-18(21)14-11-16(20)13-8-4-3-7-12(13)14/h3-10,14H,2,11H2,1H3,(H,19,21). The van der Waals surface area contributed by atoms with E-state index < -0.39 is 5.92 Å². The lowest BCUT2D eigenvalue weighted by molar-refractivity contribution is -0.117. The van der Waals surface area contributed by atoms with Crippen LogP contribution in [0.3, 0.4) is 0 Å². The topological polar surface area (TPSA) is 55.4 Å².